The molecule has 0 spiro atoms. The molecular formula is C16H17N3O5. The first-order chi connectivity index (χ1) is 11.5. The van der Waals surface area contributed by atoms with Crippen molar-refractivity contribution in [2.75, 3.05) is 30.0 Å². The fourth-order valence-electron chi connectivity index (χ4n) is 3.52. The summed E-state index contributed by atoms with van der Waals surface area (Å²) in [6, 6.07) is 3.41. The standard InChI is InChI=1S/C16H17N3O5/c1-8(20)17-6-13-12-5-9-10(19(12)16(22)24-13)3-4-11-15(9)23-7-14(21)18(11)2/h3-4,12-13H,5-7H2,1-2H3,(H,17,20)/t12-,13-/m0/s1. The monoisotopic (exact) mass is 331 g/mol. The van der Waals surface area contributed by atoms with E-state index in [0.717, 1.165) is 11.3 Å². The van der Waals surface area contributed by atoms with Crippen LogP contribution in [0.2, 0.25) is 0 Å². The number of hydrogen-bond acceptors (Lipinski definition) is 5. The molecule has 3 amide bonds. The summed E-state index contributed by atoms with van der Waals surface area (Å²) in [5.74, 6) is 0.375. The maximum atomic E-state index is 12.2. The average Bonchev–Trinajstić information content (AvgIpc) is 3.07. The topological polar surface area (TPSA) is 88.2 Å². The highest BCUT2D eigenvalue weighted by molar-refractivity contribution is 6.00. The number of nitrogens with zero attached hydrogens (tertiary/aromatic N) is 2. The summed E-state index contributed by atoms with van der Waals surface area (Å²) in [6.45, 7) is 1.69. The summed E-state index contributed by atoms with van der Waals surface area (Å²) in [7, 11) is 1.71. The van der Waals surface area contributed by atoms with Crippen LogP contribution in [0.4, 0.5) is 16.2 Å². The molecule has 3 aliphatic heterocycles. The fraction of sp³-hybridized carbons (Fsp3) is 0.438. The molecule has 126 valence electrons. The van der Waals surface area contributed by atoms with Crippen molar-refractivity contribution in [1.82, 2.24) is 5.32 Å². The van der Waals surface area contributed by atoms with Crippen molar-refractivity contribution in [1.29, 1.82) is 0 Å². The van der Waals surface area contributed by atoms with Crippen molar-refractivity contribution in [3.8, 4) is 5.75 Å². The first kappa shape index (κ1) is 14.8. The summed E-state index contributed by atoms with van der Waals surface area (Å²) in [4.78, 5) is 38.3. The highest BCUT2D eigenvalue weighted by Crippen LogP contribution is 2.47. The van der Waals surface area contributed by atoms with Crippen molar-refractivity contribution in [3.63, 3.8) is 0 Å². The van der Waals surface area contributed by atoms with Gasteiger partial charge >= 0.3 is 6.09 Å². The molecule has 24 heavy (non-hydrogen) atoms. The lowest BCUT2D eigenvalue weighted by atomic mass is 10.0. The van der Waals surface area contributed by atoms with Gasteiger partial charge in [-0.25, -0.2) is 4.79 Å². The molecule has 1 aromatic rings. The second-order valence-electron chi connectivity index (χ2n) is 6.15. The zero-order chi connectivity index (χ0) is 17.0. The van der Waals surface area contributed by atoms with E-state index < -0.39 is 12.2 Å². The Morgan fingerprint density at radius 3 is 2.83 bits per heavy atom. The summed E-state index contributed by atoms with van der Waals surface area (Å²) < 4.78 is 11.0. The van der Waals surface area contributed by atoms with Gasteiger partial charge in [-0.15, -0.1) is 0 Å². The van der Waals surface area contributed by atoms with Crippen LogP contribution in [0.15, 0.2) is 12.1 Å². The Balaban J connectivity index is 1.68. The number of carbonyl (C=O) groups excluding carboxylic acids is 3. The Kier molecular flexibility index (Phi) is 3.16. The van der Waals surface area contributed by atoms with E-state index in [9.17, 15) is 14.4 Å². The van der Waals surface area contributed by atoms with Gasteiger partial charge in [0.15, 0.2) is 6.61 Å². The molecule has 8 nitrogen and oxygen atoms in total. The number of amides is 3. The van der Waals surface area contributed by atoms with Crippen molar-refractivity contribution < 1.29 is 23.9 Å². The second-order valence-corrected chi connectivity index (χ2v) is 6.15. The molecule has 0 aliphatic carbocycles. The highest BCUT2D eigenvalue weighted by Gasteiger charge is 2.49. The molecule has 4 rings (SSSR count). The summed E-state index contributed by atoms with van der Waals surface area (Å²) in [5, 5.41) is 2.70. The molecule has 0 radical (unpaired) electrons. The van der Waals surface area contributed by atoms with Gasteiger partial charge in [0.2, 0.25) is 5.91 Å². The third-order valence-corrected chi connectivity index (χ3v) is 4.73. The molecule has 2 atom stereocenters. The molecule has 1 N–H and O–H groups in total. The Morgan fingerprint density at radius 1 is 1.33 bits per heavy atom. The normalized spacial score (nSPS) is 24.1. The quantitative estimate of drug-likeness (QED) is 0.849. The van der Waals surface area contributed by atoms with Gasteiger partial charge in [0, 0.05) is 26.0 Å². The van der Waals surface area contributed by atoms with E-state index in [1.54, 1.807) is 22.9 Å². The van der Waals surface area contributed by atoms with Gasteiger partial charge < -0.3 is 19.7 Å². The fourth-order valence-corrected chi connectivity index (χ4v) is 3.52. The lowest BCUT2D eigenvalue weighted by Gasteiger charge is -2.27. The predicted molar refractivity (Wildman–Crippen MR) is 84.3 cm³/mol. The van der Waals surface area contributed by atoms with Crippen molar-refractivity contribution in [2.45, 2.75) is 25.5 Å². The minimum absolute atomic E-state index is 0.00954. The predicted octanol–water partition coefficient (Wildman–Crippen LogP) is 0.428. The smallest absolute Gasteiger partial charge is 0.415 e. The average molecular weight is 331 g/mol. The third-order valence-electron chi connectivity index (χ3n) is 4.73. The van der Waals surface area contributed by atoms with Crippen LogP contribution in [0.25, 0.3) is 0 Å². The number of cyclic esters (lactones) is 1. The van der Waals surface area contributed by atoms with Gasteiger partial charge in [-0.3, -0.25) is 14.5 Å². The van der Waals surface area contributed by atoms with Crippen LogP contribution in [0, 0.1) is 0 Å². The number of likely N-dealkylation sites (N-methyl/N-ethyl adjacent to an activating group) is 1. The molecule has 3 aliphatic rings. The molecule has 1 saturated heterocycles. The van der Waals surface area contributed by atoms with Crippen LogP contribution in [0.1, 0.15) is 12.5 Å². The lowest BCUT2D eigenvalue weighted by molar-refractivity contribution is -0.121. The highest BCUT2D eigenvalue weighted by atomic mass is 16.6. The number of hydrogen-bond donors (Lipinski definition) is 1. The molecule has 0 unspecified atom stereocenters. The van der Waals surface area contributed by atoms with Gasteiger partial charge in [-0.2, -0.15) is 0 Å². The van der Waals surface area contributed by atoms with Crippen LogP contribution in [0.3, 0.4) is 0 Å². The minimum Gasteiger partial charge on any atom is -0.481 e. The molecule has 0 aromatic heterocycles. The number of benzene rings is 1. The van der Waals surface area contributed by atoms with Gasteiger partial charge in [-0.1, -0.05) is 0 Å². The van der Waals surface area contributed by atoms with Crippen LogP contribution in [-0.2, 0) is 20.7 Å². The summed E-state index contributed by atoms with van der Waals surface area (Å²) >= 11 is 0. The zero-order valence-corrected chi connectivity index (χ0v) is 13.4. The number of carbonyl (C=O) groups is 3. The Morgan fingerprint density at radius 2 is 2.08 bits per heavy atom. The number of ether oxygens (including phenoxy) is 2. The molecule has 3 heterocycles. The Bertz CT molecular complexity index is 762. The van der Waals surface area contributed by atoms with Gasteiger partial charge in [-0.05, 0) is 12.1 Å². The van der Waals surface area contributed by atoms with Crippen LogP contribution in [-0.4, -0.2) is 50.3 Å². The van der Waals surface area contributed by atoms with E-state index in [4.69, 9.17) is 9.47 Å². The minimum atomic E-state index is -0.422. The molecule has 1 fully saturated rings. The largest absolute Gasteiger partial charge is 0.481 e. The maximum absolute atomic E-state index is 12.2. The first-order valence-electron chi connectivity index (χ1n) is 7.77. The van der Waals surface area contributed by atoms with Crippen molar-refractivity contribution >= 4 is 29.3 Å². The SMILES string of the molecule is CC(=O)NC[C@@H]1OC(=O)N2c3ccc4c(c3C[C@@H]12)OCC(=O)N4C. The first-order valence-corrected chi connectivity index (χ1v) is 7.77. The zero-order valence-electron chi connectivity index (χ0n) is 13.4. The lowest BCUT2D eigenvalue weighted by Crippen LogP contribution is -2.40. The van der Waals surface area contributed by atoms with Gasteiger partial charge in [0.25, 0.3) is 5.91 Å². The van der Waals surface area contributed by atoms with Gasteiger partial charge in [0.1, 0.15) is 11.9 Å². The van der Waals surface area contributed by atoms with Crippen molar-refractivity contribution in [2.24, 2.45) is 0 Å². The van der Waals surface area contributed by atoms with Crippen LogP contribution < -0.4 is 19.9 Å². The van der Waals surface area contributed by atoms with Crippen LogP contribution in [0.5, 0.6) is 5.75 Å². The number of nitrogens with one attached hydrogen (secondary N) is 1. The number of fused-ring (bicyclic) bond motifs is 5. The third kappa shape index (κ3) is 2.02. The Hall–Kier alpha value is -2.77. The van der Waals surface area contributed by atoms with E-state index in [-0.39, 0.29) is 31.0 Å². The van der Waals surface area contributed by atoms with E-state index in [1.807, 2.05) is 6.07 Å². The van der Waals surface area contributed by atoms with Crippen LogP contribution >= 0.6 is 0 Å². The van der Waals surface area contributed by atoms with E-state index in [2.05, 4.69) is 5.32 Å². The molecule has 8 heteroatoms. The molecular weight excluding hydrogens is 314 g/mol. The molecule has 1 aromatic carbocycles. The molecule has 0 saturated carbocycles. The maximum Gasteiger partial charge on any atom is 0.415 e. The van der Waals surface area contributed by atoms with Crippen molar-refractivity contribution in [3.05, 3.63) is 17.7 Å². The second kappa shape index (κ2) is 5.12. The van der Waals surface area contributed by atoms with E-state index in [0.29, 0.717) is 17.9 Å². The van der Waals surface area contributed by atoms with Gasteiger partial charge in [0.05, 0.1) is 24.0 Å². The summed E-state index contributed by atoms with van der Waals surface area (Å²) in [5.41, 5.74) is 2.36. The van der Waals surface area contributed by atoms with E-state index >= 15 is 0 Å². The van der Waals surface area contributed by atoms with E-state index in [1.165, 1.54) is 6.92 Å². The summed E-state index contributed by atoms with van der Waals surface area (Å²) in [6.07, 6.45) is -0.266. The molecule has 0 bridgehead atoms. The number of anilines is 2. The Labute approximate surface area is 138 Å². The number of rotatable bonds is 2.